The van der Waals surface area contributed by atoms with Crippen LogP contribution in [-0.4, -0.2) is 20.7 Å². The van der Waals surface area contributed by atoms with Crippen molar-refractivity contribution in [1.29, 1.82) is 0 Å². The molecule has 0 saturated carbocycles. The number of anilines is 1. The summed E-state index contributed by atoms with van der Waals surface area (Å²) in [4.78, 5) is 0.491. The molecule has 0 atom stereocenters. The number of hydrogen-bond donors (Lipinski definition) is 1. The summed E-state index contributed by atoms with van der Waals surface area (Å²) in [7, 11) is -3.10. The Labute approximate surface area is 116 Å². The van der Waals surface area contributed by atoms with Crippen LogP contribution in [0.4, 0.5) is 5.69 Å². The fourth-order valence-electron chi connectivity index (χ4n) is 2.49. The lowest BCUT2D eigenvalue weighted by Gasteiger charge is -2.07. The van der Waals surface area contributed by atoms with Gasteiger partial charge in [-0.2, -0.15) is 0 Å². The number of rotatable bonds is 7. The lowest BCUT2D eigenvalue weighted by molar-refractivity contribution is 0.586. The molecule has 0 aromatic heterocycles. The second kappa shape index (κ2) is 6.42. The molecule has 1 aliphatic rings. The Balaban J connectivity index is 1.95. The van der Waals surface area contributed by atoms with E-state index in [1.807, 2.05) is 12.1 Å². The molecule has 0 radical (unpaired) electrons. The van der Waals surface area contributed by atoms with Gasteiger partial charge in [0.25, 0.3) is 0 Å². The van der Waals surface area contributed by atoms with Crippen LogP contribution in [0.3, 0.4) is 0 Å². The van der Waals surface area contributed by atoms with Gasteiger partial charge in [0.15, 0.2) is 9.84 Å². The smallest absolute Gasteiger partial charge is 0.178 e. The van der Waals surface area contributed by atoms with Crippen LogP contribution < -0.4 is 5.32 Å². The van der Waals surface area contributed by atoms with Crippen molar-refractivity contribution >= 4 is 15.5 Å². The van der Waals surface area contributed by atoms with E-state index in [0.717, 1.165) is 43.5 Å². The predicted octanol–water partition coefficient (Wildman–Crippen LogP) is 3.40. The first-order chi connectivity index (χ1) is 9.13. The van der Waals surface area contributed by atoms with E-state index in [9.17, 15) is 8.42 Å². The van der Waals surface area contributed by atoms with Gasteiger partial charge in [0.05, 0.1) is 10.6 Å². The summed E-state index contributed by atoms with van der Waals surface area (Å²) in [6.45, 7) is 3.07. The summed E-state index contributed by atoms with van der Waals surface area (Å²) in [6, 6.07) is 5.47. The Hall–Kier alpha value is -1.03. The van der Waals surface area contributed by atoms with Crippen LogP contribution in [0.15, 0.2) is 23.1 Å². The lowest BCUT2D eigenvalue weighted by Crippen LogP contribution is -2.07. The van der Waals surface area contributed by atoms with Gasteiger partial charge in [0.2, 0.25) is 0 Å². The van der Waals surface area contributed by atoms with Gasteiger partial charge in [-0.05, 0) is 36.6 Å². The number of fused-ring (bicyclic) bond motifs is 1. The molecule has 1 aromatic carbocycles. The Kier molecular flexibility index (Phi) is 4.86. The number of nitrogens with one attached hydrogen (secondary N) is 1. The zero-order valence-corrected chi connectivity index (χ0v) is 12.4. The van der Waals surface area contributed by atoms with Crippen molar-refractivity contribution in [3.63, 3.8) is 0 Å². The van der Waals surface area contributed by atoms with E-state index in [4.69, 9.17) is 0 Å². The number of hydrogen-bond acceptors (Lipinski definition) is 3. The summed E-state index contributed by atoms with van der Waals surface area (Å²) >= 11 is 0. The molecule has 4 heteroatoms. The molecule has 19 heavy (non-hydrogen) atoms. The van der Waals surface area contributed by atoms with Gasteiger partial charge in [0.1, 0.15) is 0 Å². The van der Waals surface area contributed by atoms with Crippen LogP contribution in [0, 0.1) is 0 Å². The zero-order valence-electron chi connectivity index (χ0n) is 11.6. The van der Waals surface area contributed by atoms with Crippen LogP contribution in [0.25, 0.3) is 0 Å². The molecule has 0 fully saturated rings. The summed E-state index contributed by atoms with van der Waals surface area (Å²) in [5.41, 5.74) is 2.22. The molecule has 0 spiro atoms. The van der Waals surface area contributed by atoms with Crippen LogP contribution in [0.1, 0.15) is 44.6 Å². The molecule has 106 valence electrons. The van der Waals surface area contributed by atoms with Crippen molar-refractivity contribution in [3.05, 3.63) is 23.8 Å². The van der Waals surface area contributed by atoms with Crippen LogP contribution in [0.2, 0.25) is 0 Å². The minimum absolute atomic E-state index is 0.281. The molecule has 0 amide bonds. The molecule has 0 bridgehead atoms. The second-order valence-corrected chi connectivity index (χ2v) is 7.34. The van der Waals surface area contributed by atoms with E-state index < -0.39 is 9.84 Å². The van der Waals surface area contributed by atoms with E-state index in [-0.39, 0.29) is 5.75 Å². The van der Waals surface area contributed by atoms with Crippen LogP contribution in [0.5, 0.6) is 0 Å². The highest BCUT2D eigenvalue weighted by Crippen LogP contribution is 2.26. The van der Waals surface area contributed by atoms with E-state index in [1.54, 1.807) is 6.07 Å². The topological polar surface area (TPSA) is 46.2 Å². The Morgan fingerprint density at radius 3 is 2.74 bits per heavy atom. The minimum atomic E-state index is -3.10. The van der Waals surface area contributed by atoms with E-state index in [1.165, 1.54) is 12.8 Å². The van der Waals surface area contributed by atoms with Gasteiger partial charge >= 0.3 is 0 Å². The fraction of sp³-hybridized carbons (Fsp3) is 0.600. The molecule has 0 saturated heterocycles. The number of unbranched alkanes of at least 4 members (excludes halogenated alkanes) is 4. The maximum atomic E-state index is 12.2. The van der Waals surface area contributed by atoms with Crippen molar-refractivity contribution < 1.29 is 8.42 Å². The lowest BCUT2D eigenvalue weighted by atomic mass is 10.2. The Bertz CT molecular complexity index is 523. The van der Waals surface area contributed by atoms with Gasteiger partial charge in [-0.15, -0.1) is 0 Å². The average molecular weight is 281 g/mol. The largest absolute Gasteiger partial charge is 0.384 e. The Morgan fingerprint density at radius 2 is 1.95 bits per heavy atom. The Morgan fingerprint density at radius 1 is 1.16 bits per heavy atom. The second-order valence-electron chi connectivity index (χ2n) is 5.23. The SMILES string of the molecule is CCCCCCCS(=O)(=O)c1ccc2c(c1)CCN2. The molecule has 3 nitrogen and oxygen atoms in total. The monoisotopic (exact) mass is 281 g/mol. The van der Waals surface area contributed by atoms with E-state index >= 15 is 0 Å². The quantitative estimate of drug-likeness (QED) is 0.779. The molecule has 2 rings (SSSR count). The van der Waals surface area contributed by atoms with Gasteiger partial charge in [-0.1, -0.05) is 32.6 Å². The van der Waals surface area contributed by atoms with Crippen LogP contribution >= 0.6 is 0 Å². The highest BCUT2D eigenvalue weighted by Gasteiger charge is 2.17. The molecule has 1 aliphatic heterocycles. The van der Waals surface area contributed by atoms with Crippen molar-refractivity contribution in [3.8, 4) is 0 Å². The first kappa shape index (κ1) is 14.4. The number of sulfone groups is 1. The van der Waals surface area contributed by atoms with Crippen molar-refractivity contribution in [1.82, 2.24) is 0 Å². The maximum absolute atomic E-state index is 12.2. The van der Waals surface area contributed by atoms with Gasteiger partial charge in [0, 0.05) is 12.2 Å². The highest BCUT2D eigenvalue weighted by molar-refractivity contribution is 7.91. The standard InChI is InChI=1S/C15H23NO2S/c1-2-3-4-5-6-11-19(17,18)14-7-8-15-13(12-14)9-10-16-15/h7-8,12,16H,2-6,9-11H2,1H3. The minimum Gasteiger partial charge on any atom is -0.384 e. The summed E-state index contributed by atoms with van der Waals surface area (Å²) in [5.74, 6) is 0.281. The number of benzene rings is 1. The molecular formula is C15H23NO2S. The third kappa shape index (κ3) is 3.72. The summed E-state index contributed by atoms with van der Waals surface area (Å²) in [5, 5.41) is 3.25. The van der Waals surface area contributed by atoms with Gasteiger partial charge < -0.3 is 5.32 Å². The molecular weight excluding hydrogens is 258 g/mol. The normalized spacial score (nSPS) is 14.2. The zero-order chi connectivity index (χ0) is 13.7. The first-order valence-electron chi connectivity index (χ1n) is 7.23. The summed E-state index contributed by atoms with van der Waals surface area (Å²) in [6.07, 6.45) is 6.24. The highest BCUT2D eigenvalue weighted by atomic mass is 32.2. The summed E-state index contributed by atoms with van der Waals surface area (Å²) < 4.78 is 24.5. The van der Waals surface area contributed by atoms with Crippen LogP contribution in [-0.2, 0) is 16.3 Å². The molecule has 0 aliphatic carbocycles. The first-order valence-corrected chi connectivity index (χ1v) is 8.88. The average Bonchev–Trinajstić information content (AvgIpc) is 2.85. The molecule has 1 N–H and O–H groups in total. The van der Waals surface area contributed by atoms with Gasteiger partial charge in [-0.25, -0.2) is 8.42 Å². The molecule has 1 heterocycles. The third-order valence-electron chi connectivity index (χ3n) is 3.66. The third-order valence-corrected chi connectivity index (χ3v) is 5.46. The predicted molar refractivity (Wildman–Crippen MR) is 79.4 cm³/mol. The van der Waals surface area contributed by atoms with E-state index in [2.05, 4.69) is 12.2 Å². The molecule has 1 aromatic rings. The maximum Gasteiger partial charge on any atom is 0.178 e. The van der Waals surface area contributed by atoms with Crippen molar-refractivity contribution in [2.24, 2.45) is 0 Å². The van der Waals surface area contributed by atoms with E-state index in [0.29, 0.717) is 4.90 Å². The van der Waals surface area contributed by atoms with Crippen molar-refractivity contribution in [2.45, 2.75) is 50.3 Å². The van der Waals surface area contributed by atoms with Crippen molar-refractivity contribution in [2.75, 3.05) is 17.6 Å². The van der Waals surface area contributed by atoms with Gasteiger partial charge in [-0.3, -0.25) is 0 Å². The molecule has 0 unspecified atom stereocenters. The fourth-order valence-corrected chi connectivity index (χ4v) is 3.91.